The molecule has 0 spiro atoms. The number of hydrogen-bond acceptors (Lipinski definition) is 5. The van der Waals surface area contributed by atoms with Crippen molar-refractivity contribution in [2.75, 3.05) is 11.9 Å². The normalized spacial score (nSPS) is 16.7. The fourth-order valence-electron chi connectivity index (χ4n) is 2.87. The molecule has 2 heterocycles. The predicted octanol–water partition coefficient (Wildman–Crippen LogP) is 3.59. The highest BCUT2D eigenvalue weighted by molar-refractivity contribution is 7.09. The molecule has 3 rings (SSSR count). The van der Waals surface area contributed by atoms with Crippen LogP contribution in [0.15, 0.2) is 29.6 Å². The Balaban J connectivity index is 1.68. The van der Waals surface area contributed by atoms with E-state index in [0.717, 1.165) is 34.0 Å². The van der Waals surface area contributed by atoms with E-state index < -0.39 is 0 Å². The fraction of sp³-hybridized carbons (Fsp3) is 0.421. The standard InChI is InChI=1S/C19H24N2O3S/c1-4-23-18-9-14-8-12(2)24-17(14)10-16(18)21-13(3)19(22)20-11-15-6-5-7-25-15/h5-7,9-10,12-13,21H,4,8,11H2,1-3H3,(H,20,22). The van der Waals surface area contributed by atoms with E-state index in [1.54, 1.807) is 11.3 Å². The molecule has 6 heteroatoms. The first-order chi connectivity index (χ1) is 12.1. The highest BCUT2D eigenvalue weighted by Gasteiger charge is 2.23. The molecule has 0 bridgehead atoms. The van der Waals surface area contributed by atoms with Crippen LogP contribution >= 0.6 is 11.3 Å². The zero-order valence-electron chi connectivity index (χ0n) is 14.8. The summed E-state index contributed by atoms with van der Waals surface area (Å²) in [5.41, 5.74) is 1.93. The number of thiophene rings is 1. The Morgan fingerprint density at radius 1 is 1.48 bits per heavy atom. The van der Waals surface area contributed by atoms with E-state index in [4.69, 9.17) is 9.47 Å². The average Bonchev–Trinajstić information content (AvgIpc) is 3.21. The lowest BCUT2D eigenvalue weighted by molar-refractivity contribution is -0.121. The van der Waals surface area contributed by atoms with Gasteiger partial charge in [0.2, 0.25) is 5.91 Å². The maximum Gasteiger partial charge on any atom is 0.242 e. The summed E-state index contributed by atoms with van der Waals surface area (Å²) in [4.78, 5) is 13.5. The van der Waals surface area contributed by atoms with Crippen molar-refractivity contribution in [3.63, 3.8) is 0 Å². The number of hydrogen-bond donors (Lipinski definition) is 2. The quantitative estimate of drug-likeness (QED) is 0.792. The summed E-state index contributed by atoms with van der Waals surface area (Å²) in [5, 5.41) is 8.21. The lowest BCUT2D eigenvalue weighted by atomic mass is 10.1. The first kappa shape index (κ1) is 17.6. The molecule has 25 heavy (non-hydrogen) atoms. The van der Waals surface area contributed by atoms with Crippen molar-refractivity contribution < 1.29 is 14.3 Å². The number of ether oxygens (including phenoxy) is 2. The van der Waals surface area contributed by atoms with Crippen molar-refractivity contribution in [3.05, 3.63) is 40.1 Å². The third-order valence-corrected chi connectivity index (χ3v) is 4.96. The van der Waals surface area contributed by atoms with E-state index in [1.807, 2.05) is 50.4 Å². The molecule has 2 N–H and O–H groups in total. The van der Waals surface area contributed by atoms with E-state index in [2.05, 4.69) is 10.6 Å². The number of fused-ring (bicyclic) bond motifs is 1. The van der Waals surface area contributed by atoms with Crippen LogP contribution in [0.1, 0.15) is 31.2 Å². The lowest BCUT2D eigenvalue weighted by Crippen LogP contribution is -2.37. The molecule has 5 nitrogen and oxygen atoms in total. The second-order valence-corrected chi connectivity index (χ2v) is 7.22. The minimum Gasteiger partial charge on any atom is -0.492 e. The van der Waals surface area contributed by atoms with E-state index in [1.165, 1.54) is 0 Å². The van der Waals surface area contributed by atoms with Crippen LogP contribution in [0.5, 0.6) is 11.5 Å². The summed E-state index contributed by atoms with van der Waals surface area (Å²) >= 11 is 1.63. The molecule has 1 aromatic carbocycles. The van der Waals surface area contributed by atoms with Gasteiger partial charge >= 0.3 is 0 Å². The topological polar surface area (TPSA) is 59.6 Å². The maximum atomic E-state index is 12.4. The number of amides is 1. The smallest absolute Gasteiger partial charge is 0.242 e. The van der Waals surface area contributed by atoms with Gasteiger partial charge in [0.05, 0.1) is 18.8 Å². The summed E-state index contributed by atoms with van der Waals surface area (Å²) in [6.07, 6.45) is 1.05. The van der Waals surface area contributed by atoms with Gasteiger partial charge in [0, 0.05) is 22.9 Å². The van der Waals surface area contributed by atoms with Crippen molar-refractivity contribution in [1.82, 2.24) is 5.32 Å². The molecular formula is C19H24N2O3S. The van der Waals surface area contributed by atoms with Crippen LogP contribution in [0.3, 0.4) is 0 Å². The Kier molecular flexibility index (Phi) is 5.48. The largest absolute Gasteiger partial charge is 0.492 e. The Morgan fingerprint density at radius 3 is 3.04 bits per heavy atom. The summed E-state index contributed by atoms with van der Waals surface area (Å²) in [5.74, 6) is 1.58. The number of carbonyl (C=O) groups excluding carboxylic acids is 1. The minimum absolute atomic E-state index is 0.0503. The number of nitrogens with one attached hydrogen (secondary N) is 2. The third-order valence-electron chi connectivity index (χ3n) is 4.08. The van der Waals surface area contributed by atoms with Gasteiger partial charge in [-0.25, -0.2) is 0 Å². The molecule has 1 aliphatic heterocycles. The Labute approximate surface area is 152 Å². The van der Waals surface area contributed by atoms with Crippen molar-refractivity contribution >= 4 is 22.9 Å². The molecule has 0 fully saturated rings. The highest BCUT2D eigenvalue weighted by Crippen LogP contribution is 2.38. The lowest BCUT2D eigenvalue weighted by Gasteiger charge is -2.19. The monoisotopic (exact) mass is 360 g/mol. The van der Waals surface area contributed by atoms with Crippen LogP contribution in [0.25, 0.3) is 0 Å². The summed E-state index contributed by atoms with van der Waals surface area (Å²) in [6, 6.07) is 7.56. The van der Waals surface area contributed by atoms with E-state index in [9.17, 15) is 4.79 Å². The molecule has 0 saturated heterocycles. The average molecular weight is 360 g/mol. The Bertz CT molecular complexity index is 731. The van der Waals surface area contributed by atoms with Gasteiger partial charge in [-0.3, -0.25) is 4.79 Å². The zero-order valence-corrected chi connectivity index (χ0v) is 15.6. The Morgan fingerprint density at radius 2 is 2.32 bits per heavy atom. The predicted molar refractivity (Wildman–Crippen MR) is 101 cm³/mol. The van der Waals surface area contributed by atoms with Gasteiger partial charge in [-0.1, -0.05) is 6.07 Å². The molecule has 2 unspecified atom stereocenters. The number of rotatable bonds is 7. The fourth-order valence-corrected chi connectivity index (χ4v) is 3.51. The number of carbonyl (C=O) groups is 1. The molecule has 1 aromatic heterocycles. The molecule has 0 saturated carbocycles. The second-order valence-electron chi connectivity index (χ2n) is 6.18. The zero-order chi connectivity index (χ0) is 17.8. The van der Waals surface area contributed by atoms with E-state index in [0.29, 0.717) is 13.2 Å². The van der Waals surface area contributed by atoms with Crippen molar-refractivity contribution in [1.29, 1.82) is 0 Å². The number of benzene rings is 1. The third kappa shape index (κ3) is 4.25. The molecule has 134 valence electrons. The van der Waals surface area contributed by atoms with Crippen LogP contribution in [-0.4, -0.2) is 24.7 Å². The van der Waals surface area contributed by atoms with Crippen LogP contribution in [0, 0.1) is 0 Å². The van der Waals surface area contributed by atoms with Gasteiger partial charge in [0.1, 0.15) is 23.6 Å². The van der Waals surface area contributed by atoms with Crippen molar-refractivity contribution in [2.45, 2.75) is 45.9 Å². The van der Waals surface area contributed by atoms with Crippen LogP contribution in [0.4, 0.5) is 5.69 Å². The molecule has 0 radical (unpaired) electrons. The van der Waals surface area contributed by atoms with Gasteiger partial charge in [-0.05, 0) is 38.3 Å². The molecule has 1 aliphatic rings. The van der Waals surface area contributed by atoms with Gasteiger partial charge in [-0.15, -0.1) is 11.3 Å². The summed E-state index contributed by atoms with van der Waals surface area (Å²) in [7, 11) is 0. The van der Waals surface area contributed by atoms with Gasteiger partial charge < -0.3 is 20.1 Å². The van der Waals surface area contributed by atoms with Crippen LogP contribution in [-0.2, 0) is 17.8 Å². The first-order valence-corrected chi connectivity index (χ1v) is 9.47. The van der Waals surface area contributed by atoms with Gasteiger partial charge in [0.25, 0.3) is 0 Å². The SMILES string of the molecule is CCOc1cc2c(cc1NC(C)C(=O)NCc1cccs1)OC(C)C2. The summed E-state index contributed by atoms with van der Waals surface area (Å²) in [6.45, 7) is 6.96. The summed E-state index contributed by atoms with van der Waals surface area (Å²) < 4.78 is 11.6. The van der Waals surface area contributed by atoms with E-state index >= 15 is 0 Å². The first-order valence-electron chi connectivity index (χ1n) is 8.59. The van der Waals surface area contributed by atoms with Crippen molar-refractivity contribution in [2.24, 2.45) is 0 Å². The molecule has 0 aliphatic carbocycles. The molecule has 2 aromatic rings. The van der Waals surface area contributed by atoms with E-state index in [-0.39, 0.29) is 18.1 Å². The van der Waals surface area contributed by atoms with Crippen LogP contribution < -0.4 is 20.1 Å². The maximum absolute atomic E-state index is 12.4. The second kappa shape index (κ2) is 7.78. The molecular weight excluding hydrogens is 336 g/mol. The van der Waals surface area contributed by atoms with Gasteiger partial charge in [-0.2, -0.15) is 0 Å². The van der Waals surface area contributed by atoms with Crippen LogP contribution in [0.2, 0.25) is 0 Å². The highest BCUT2D eigenvalue weighted by atomic mass is 32.1. The molecule has 1 amide bonds. The van der Waals surface area contributed by atoms with Crippen molar-refractivity contribution in [3.8, 4) is 11.5 Å². The number of anilines is 1. The Hall–Kier alpha value is -2.21. The molecule has 2 atom stereocenters. The van der Waals surface area contributed by atoms with Gasteiger partial charge in [0.15, 0.2) is 0 Å². The minimum atomic E-state index is -0.379.